The molecule has 0 spiro atoms. The van der Waals surface area contributed by atoms with Gasteiger partial charge in [0.15, 0.2) is 5.82 Å². The normalized spacial score (nSPS) is 14.9. The largest absolute Gasteiger partial charge is 0.308 e. The first-order valence-electron chi connectivity index (χ1n) is 24.1. The number of benzene rings is 8. The minimum atomic E-state index is -3.38. The summed E-state index contributed by atoms with van der Waals surface area (Å²) in [5.74, 6) is 0.658. The van der Waals surface area contributed by atoms with Gasteiger partial charge in [0.1, 0.15) is 0 Å². The van der Waals surface area contributed by atoms with Crippen LogP contribution in [0.25, 0.3) is 105 Å². The van der Waals surface area contributed by atoms with Crippen LogP contribution in [0.4, 0.5) is 0 Å². The van der Waals surface area contributed by atoms with Gasteiger partial charge in [-0.05, 0) is 80.8 Å². The van der Waals surface area contributed by atoms with E-state index < -0.39 is 26.0 Å². The standard InChI is InChI=1S/C56H41N3/c1-56(2,3)45-27-29-47-49-25-13-24-48-46-28-26-43(33-52(46)59(54(48)49)53(47)34-45)41-21-11-19-39(31-41)38-18-10-20-40(30-38)42-22-12-23-44(32-42)51-35-50(36-14-6-4-7-15-36)57-55(58-51)37-16-8-5-9-17-37/h4-35H,1-3H3/i1D3,2D3,3D3. The summed E-state index contributed by atoms with van der Waals surface area (Å²) < 4.78 is 77.5. The summed E-state index contributed by atoms with van der Waals surface area (Å²) >= 11 is 0. The second-order valence-electron chi connectivity index (χ2n) is 15.2. The predicted molar refractivity (Wildman–Crippen MR) is 248 cm³/mol. The van der Waals surface area contributed by atoms with Crippen molar-refractivity contribution in [2.45, 2.75) is 26.0 Å². The first kappa shape index (κ1) is 26.5. The molecule has 3 aromatic heterocycles. The lowest BCUT2D eigenvalue weighted by Crippen LogP contribution is -2.10. The molecule has 8 aromatic carbocycles. The maximum atomic E-state index is 8.39. The molecule has 0 unspecified atom stereocenters. The topological polar surface area (TPSA) is 30.2 Å². The third-order valence-electron chi connectivity index (χ3n) is 11.5. The lowest BCUT2D eigenvalue weighted by atomic mass is 9.86. The van der Waals surface area contributed by atoms with Gasteiger partial charge in [-0.25, -0.2) is 9.97 Å². The van der Waals surface area contributed by atoms with Crippen LogP contribution >= 0.6 is 0 Å². The van der Waals surface area contributed by atoms with Crippen LogP contribution in [0.3, 0.4) is 0 Å². The van der Waals surface area contributed by atoms with E-state index in [0.29, 0.717) is 11.3 Å². The third kappa shape index (κ3) is 6.06. The van der Waals surface area contributed by atoms with E-state index in [2.05, 4.69) is 97.1 Å². The minimum Gasteiger partial charge on any atom is -0.308 e. The van der Waals surface area contributed by atoms with Crippen molar-refractivity contribution in [2.75, 3.05) is 0 Å². The van der Waals surface area contributed by atoms with E-state index in [-0.39, 0.29) is 5.56 Å². The van der Waals surface area contributed by atoms with Crippen molar-refractivity contribution in [3.05, 3.63) is 200 Å². The van der Waals surface area contributed by atoms with Crippen LogP contribution in [0.15, 0.2) is 194 Å². The summed E-state index contributed by atoms with van der Waals surface area (Å²) in [6, 6.07) is 64.2. The summed E-state index contributed by atoms with van der Waals surface area (Å²) in [5, 5.41) is 3.58. The van der Waals surface area contributed by atoms with E-state index in [1.54, 1.807) is 6.07 Å². The summed E-state index contributed by atoms with van der Waals surface area (Å²) in [4.78, 5) is 10.0. The lowest BCUT2D eigenvalue weighted by molar-refractivity contribution is 0.591. The molecule has 0 N–H and O–H groups in total. The molecule has 0 radical (unpaired) electrons. The molecule has 0 fully saturated rings. The van der Waals surface area contributed by atoms with E-state index in [0.717, 1.165) is 94.0 Å². The van der Waals surface area contributed by atoms with Crippen molar-refractivity contribution >= 4 is 38.1 Å². The molecule has 0 aliphatic rings. The lowest BCUT2D eigenvalue weighted by Gasteiger charge is -2.19. The van der Waals surface area contributed by atoms with Crippen molar-refractivity contribution < 1.29 is 12.3 Å². The maximum Gasteiger partial charge on any atom is 0.160 e. The minimum absolute atomic E-state index is 0.278. The smallest absolute Gasteiger partial charge is 0.160 e. The zero-order chi connectivity index (χ0) is 47.2. The van der Waals surface area contributed by atoms with Gasteiger partial charge in [0.05, 0.1) is 27.9 Å². The van der Waals surface area contributed by atoms with Gasteiger partial charge >= 0.3 is 0 Å². The fourth-order valence-electron chi connectivity index (χ4n) is 8.57. The molecule has 0 saturated carbocycles. The van der Waals surface area contributed by atoms with Crippen molar-refractivity contribution in [3.63, 3.8) is 0 Å². The monoisotopic (exact) mass is 764 g/mol. The van der Waals surface area contributed by atoms with Gasteiger partial charge in [0.25, 0.3) is 0 Å². The van der Waals surface area contributed by atoms with Gasteiger partial charge in [-0.2, -0.15) is 0 Å². The number of hydrogen-bond donors (Lipinski definition) is 0. The molecule has 0 amide bonds. The molecule has 3 heterocycles. The zero-order valence-electron chi connectivity index (χ0n) is 40.8. The fraction of sp³-hybridized carbons (Fsp3) is 0.0714. The molecule has 0 aliphatic carbocycles. The van der Waals surface area contributed by atoms with Gasteiger partial charge in [0.2, 0.25) is 0 Å². The van der Waals surface area contributed by atoms with E-state index in [1.165, 1.54) is 12.1 Å². The number of rotatable bonds is 6. The Hall–Kier alpha value is -7.36. The summed E-state index contributed by atoms with van der Waals surface area (Å²) in [7, 11) is 0. The number of hydrogen-bond acceptors (Lipinski definition) is 2. The summed E-state index contributed by atoms with van der Waals surface area (Å²) in [5.41, 5.74) is 9.50. The Morgan fingerprint density at radius 2 is 0.831 bits per heavy atom. The Kier molecular flexibility index (Phi) is 6.14. The van der Waals surface area contributed by atoms with Crippen LogP contribution in [-0.4, -0.2) is 14.4 Å². The van der Waals surface area contributed by atoms with Crippen molar-refractivity contribution in [3.8, 4) is 67.3 Å². The number of fused-ring (bicyclic) bond motifs is 6. The Labute approximate surface area is 356 Å². The van der Waals surface area contributed by atoms with Gasteiger partial charge in [0, 0.05) is 50.6 Å². The SMILES string of the molecule is [2H]C([2H])([2H])C(c1ccc2c3cccc4c5ccc(-c6cccc(-c7cccc(-c8cccc(-c9cc(-c%10ccccc%10)nc(-c%10ccccc%10)n9)c8)c7)c6)cc5n(c2c1)c43)(C([2H])([2H])[2H])C([2H])([2H])[2H]. The average molecular weight is 765 g/mol. The fourth-order valence-corrected chi connectivity index (χ4v) is 8.57. The molecule has 0 aliphatic heterocycles. The first-order valence-corrected chi connectivity index (χ1v) is 19.6. The molecule has 3 heteroatoms. The molecule has 11 aromatic rings. The van der Waals surface area contributed by atoms with Crippen LogP contribution in [0.1, 0.15) is 38.5 Å². The van der Waals surface area contributed by atoms with Crippen LogP contribution in [0, 0.1) is 0 Å². The van der Waals surface area contributed by atoms with E-state index in [4.69, 9.17) is 22.3 Å². The molecule has 0 bridgehead atoms. The van der Waals surface area contributed by atoms with E-state index in [1.807, 2.05) is 83.3 Å². The summed E-state index contributed by atoms with van der Waals surface area (Å²) in [6.45, 7) is -10.1. The zero-order valence-corrected chi connectivity index (χ0v) is 31.8. The molecule has 59 heavy (non-hydrogen) atoms. The number of aromatic nitrogens is 3. The number of para-hydroxylation sites is 1. The van der Waals surface area contributed by atoms with Crippen molar-refractivity contribution in [1.29, 1.82) is 0 Å². The van der Waals surface area contributed by atoms with E-state index in [9.17, 15) is 0 Å². The first-order chi connectivity index (χ1) is 32.6. The second kappa shape index (κ2) is 13.6. The third-order valence-corrected chi connectivity index (χ3v) is 11.5. The predicted octanol–water partition coefficient (Wildman–Crippen LogP) is 14.9. The van der Waals surface area contributed by atoms with Crippen LogP contribution in [0.2, 0.25) is 0 Å². The highest BCUT2D eigenvalue weighted by Gasteiger charge is 2.21. The van der Waals surface area contributed by atoms with Crippen LogP contribution in [-0.2, 0) is 5.41 Å². The maximum absolute atomic E-state index is 8.39. The Morgan fingerprint density at radius 3 is 1.42 bits per heavy atom. The van der Waals surface area contributed by atoms with Gasteiger partial charge in [-0.1, -0.05) is 178 Å². The highest BCUT2D eigenvalue weighted by atomic mass is 14.9. The molecule has 0 atom stereocenters. The Morgan fingerprint density at radius 1 is 0.373 bits per heavy atom. The van der Waals surface area contributed by atoms with Gasteiger partial charge < -0.3 is 4.40 Å². The molecular weight excluding hydrogens is 715 g/mol. The average Bonchev–Trinajstić information content (AvgIpc) is 3.85. The van der Waals surface area contributed by atoms with Crippen molar-refractivity contribution in [2.24, 2.45) is 0 Å². The molecule has 280 valence electrons. The quantitative estimate of drug-likeness (QED) is 0.169. The molecular formula is C56H41N3. The Bertz CT molecular complexity index is 3610. The second-order valence-corrected chi connectivity index (χ2v) is 15.2. The highest BCUT2D eigenvalue weighted by molar-refractivity contribution is 6.23. The summed E-state index contributed by atoms with van der Waals surface area (Å²) in [6.07, 6.45) is 0. The van der Waals surface area contributed by atoms with Gasteiger partial charge in [-0.15, -0.1) is 0 Å². The molecule has 11 rings (SSSR count). The molecule has 3 nitrogen and oxygen atoms in total. The van der Waals surface area contributed by atoms with Crippen LogP contribution in [0.5, 0.6) is 0 Å². The van der Waals surface area contributed by atoms with Crippen LogP contribution < -0.4 is 0 Å². The highest BCUT2D eigenvalue weighted by Crippen LogP contribution is 2.42. The van der Waals surface area contributed by atoms with Crippen molar-refractivity contribution in [1.82, 2.24) is 14.4 Å². The Balaban J connectivity index is 0.986. The number of nitrogens with zero attached hydrogens (tertiary/aromatic N) is 3. The molecule has 0 saturated heterocycles. The van der Waals surface area contributed by atoms with E-state index >= 15 is 0 Å². The van der Waals surface area contributed by atoms with Gasteiger partial charge in [-0.3, -0.25) is 0 Å².